The van der Waals surface area contributed by atoms with Gasteiger partial charge in [0.15, 0.2) is 0 Å². The third-order valence-electron chi connectivity index (χ3n) is 4.44. The molecule has 2 aromatic carbocycles. The molecule has 2 N–H and O–H groups in total. The summed E-state index contributed by atoms with van der Waals surface area (Å²) in [6.45, 7) is 6.63. The summed E-state index contributed by atoms with van der Waals surface area (Å²) in [5.74, 6) is -0.800. The van der Waals surface area contributed by atoms with Crippen molar-refractivity contribution in [3.63, 3.8) is 0 Å². The number of nitrogens with one attached hydrogen (secondary N) is 2. The molecule has 5 heteroatoms. The highest BCUT2D eigenvalue weighted by atomic mass is 32.2. The molecule has 0 unspecified atom stereocenters. The van der Waals surface area contributed by atoms with Crippen LogP contribution < -0.4 is 5.32 Å². The van der Waals surface area contributed by atoms with Crippen molar-refractivity contribution in [2.75, 3.05) is 14.2 Å². The maximum Gasteiger partial charge on any atom is 0.280 e. The van der Waals surface area contributed by atoms with Crippen LogP contribution in [-0.2, 0) is 20.8 Å². The Bertz CT molecular complexity index is 790. The lowest BCUT2D eigenvalue weighted by Gasteiger charge is -2.28. The van der Waals surface area contributed by atoms with Crippen LogP contribution in [0.1, 0.15) is 37.5 Å². The zero-order valence-corrected chi connectivity index (χ0v) is 16.1. The number of hydrogen-bond acceptors (Lipinski definition) is 4. The van der Waals surface area contributed by atoms with Crippen LogP contribution in [0.15, 0.2) is 52.3 Å². The van der Waals surface area contributed by atoms with Gasteiger partial charge in [-0.2, -0.15) is 0 Å². The fourth-order valence-electron chi connectivity index (χ4n) is 3.00. The topological polar surface area (TPSA) is 54.3 Å². The molecule has 0 amide bonds. The summed E-state index contributed by atoms with van der Waals surface area (Å²) in [6.07, 6.45) is 0. The van der Waals surface area contributed by atoms with Crippen molar-refractivity contribution in [2.45, 2.75) is 41.9 Å². The fraction of sp³-hybridized carbons (Fsp3) is 0.350. The van der Waals surface area contributed by atoms with Gasteiger partial charge in [0, 0.05) is 29.6 Å². The average Bonchev–Trinajstić information content (AvgIpc) is 2.89. The van der Waals surface area contributed by atoms with Gasteiger partial charge in [-0.1, -0.05) is 56.8 Å². The Labute approximate surface area is 153 Å². The van der Waals surface area contributed by atoms with E-state index in [-0.39, 0.29) is 5.41 Å². The van der Waals surface area contributed by atoms with Gasteiger partial charge in [-0.25, -0.2) is 0 Å². The molecule has 1 aliphatic rings. The van der Waals surface area contributed by atoms with Crippen molar-refractivity contribution < 1.29 is 9.47 Å². The van der Waals surface area contributed by atoms with Crippen molar-refractivity contribution in [1.82, 2.24) is 5.32 Å². The number of fused-ring (bicyclic) bond motifs is 1. The first-order chi connectivity index (χ1) is 11.8. The Hall–Kier alpha value is -1.82. The Kier molecular flexibility index (Phi) is 4.66. The molecule has 4 nitrogen and oxygen atoms in total. The standard InChI is InChI=1S/C20H24N2O2S/c1-19(2,3)13-9-11-14(12-10-13)25-16-8-6-7-15-17(16)20(23-4,24-5)22-18(15)21/h6-12H,1-5H3,(H2,21,22). The lowest BCUT2D eigenvalue weighted by molar-refractivity contribution is -0.224. The number of methoxy groups -OCH3 is 2. The van der Waals surface area contributed by atoms with Crippen LogP contribution in [0.2, 0.25) is 0 Å². The van der Waals surface area contributed by atoms with E-state index in [0.29, 0.717) is 5.84 Å². The average molecular weight is 356 g/mol. The molecule has 0 atom stereocenters. The molecule has 0 saturated heterocycles. The van der Waals surface area contributed by atoms with E-state index >= 15 is 0 Å². The molecule has 0 saturated carbocycles. The van der Waals surface area contributed by atoms with Gasteiger partial charge in [0.2, 0.25) is 0 Å². The number of hydrogen-bond donors (Lipinski definition) is 2. The van der Waals surface area contributed by atoms with E-state index in [1.165, 1.54) is 5.56 Å². The van der Waals surface area contributed by atoms with Crippen LogP contribution in [-0.4, -0.2) is 20.1 Å². The molecular formula is C20H24N2O2S. The van der Waals surface area contributed by atoms with E-state index in [1.54, 1.807) is 26.0 Å². The highest BCUT2D eigenvalue weighted by molar-refractivity contribution is 7.99. The van der Waals surface area contributed by atoms with Crippen LogP contribution >= 0.6 is 11.8 Å². The highest BCUT2D eigenvalue weighted by Crippen LogP contribution is 2.42. The van der Waals surface area contributed by atoms with Crippen LogP contribution in [0.4, 0.5) is 0 Å². The van der Waals surface area contributed by atoms with E-state index in [2.05, 4.69) is 50.4 Å². The molecule has 0 radical (unpaired) electrons. The lowest BCUT2D eigenvalue weighted by Crippen LogP contribution is -2.43. The summed E-state index contributed by atoms with van der Waals surface area (Å²) in [4.78, 5) is 2.15. The van der Waals surface area contributed by atoms with Gasteiger partial charge in [-0.15, -0.1) is 0 Å². The monoisotopic (exact) mass is 356 g/mol. The molecule has 0 aliphatic carbocycles. The first-order valence-corrected chi connectivity index (χ1v) is 9.01. The van der Waals surface area contributed by atoms with Gasteiger partial charge in [0.05, 0.1) is 5.56 Å². The second-order valence-corrected chi connectivity index (χ2v) is 8.20. The summed E-state index contributed by atoms with van der Waals surface area (Å²) in [5, 5.41) is 11.2. The van der Waals surface area contributed by atoms with Crippen molar-refractivity contribution in [2.24, 2.45) is 0 Å². The summed E-state index contributed by atoms with van der Waals surface area (Å²) >= 11 is 1.65. The molecule has 3 rings (SSSR count). The van der Waals surface area contributed by atoms with Gasteiger partial charge < -0.3 is 14.8 Å². The quantitative estimate of drug-likeness (QED) is 0.794. The first-order valence-electron chi connectivity index (χ1n) is 8.20. The first kappa shape index (κ1) is 18.0. The fourth-order valence-corrected chi connectivity index (χ4v) is 4.02. The van der Waals surface area contributed by atoms with E-state index in [9.17, 15) is 0 Å². The van der Waals surface area contributed by atoms with Crippen LogP contribution in [0.5, 0.6) is 0 Å². The van der Waals surface area contributed by atoms with Crippen LogP contribution in [0, 0.1) is 5.41 Å². The summed E-state index contributed by atoms with van der Waals surface area (Å²) in [6, 6.07) is 14.5. The number of amidine groups is 1. The molecule has 2 aromatic rings. The van der Waals surface area contributed by atoms with Crippen molar-refractivity contribution in [3.05, 3.63) is 59.2 Å². The molecule has 1 heterocycles. The van der Waals surface area contributed by atoms with E-state index in [1.807, 2.05) is 18.2 Å². The molecule has 25 heavy (non-hydrogen) atoms. The van der Waals surface area contributed by atoms with E-state index in [4.69, 9.17) is 14.9 Å². The lowest BCUT2D eigenvalue weighted by atomic mass is 9.87. The summed E-state index contributed by atoms with van der Waals surface area (Å²) in [7, 11) is 3.16. The Balaban J connectivity index is 1.99. The van der Waals surface area contributed by atoms with E-state index < -0.39 is 5.91 Å². The zero-order chi connectivity index (χ0) is 18.2. The van der Waals surface area contributed by atoms with Crippen LogP contribution in [0.3, 0.4) is 0 Å². The van der Waals surface area contributed by atoms with Gasteiger partial charge in [-0.3, -0.25) is 5.41 Å². The van der Waals surface area contributed by atoms with Gasteiger partial charge >= 0.3 is 0 Å². The molecule has 0 spiro atoms. The molecule has 0 fully saturated rings. The maximum absolute atomic E-state index is 8.19. The number of rotatable bonds is 4. The predicted octanol–water partition coefficient (Wildman–Crippen LogP) is 4.47. The minimum Gasteiger partial charge on any atom is -0.332 e. The van der Waals surface area contributed by atoms with Crippen LogP contribution in [0.25, 0.3) is 0 Å². The maximum atomic E-state index is 8.19. The second-order valence-electron chi connectivity index (χ2n) is 7.08. The number of benzene rings is 2. The van der Waals surface area contributed by atoms with Crippen molar-refractivity contribution >= 4 is 17.6 Å². The summed E-state index contributed by atoms with van der Waals surface area (Å²) < 4.78 is 11.2. The van der Waals surface area contributed by atoms with Crippen molar-refractivity contribution in [1.29, 1.82) is 5.41 Å². The second kappa shape index (κ2) is 6.48. The molecule has 0 bridgehead atoms. The molecular weight excluding hydrogens is 332 g/mol. The molecule has 1 aliphatic heterocycles. The third kappa shape index (κ3) is 3.19. The number of ether oxygens (including phenoxy) is 2. The Morgan fingerprint density at radius 2 is 1.64 bits per heavy atom. The largest absolute Gasteiger partial charge is 0.332 e. The summed E-state index contributed by atoms with van der Waals surface area (Å²) in [5.41, 5.74) is 3.11. The van der Waals surface area contributed by atoms with Gasteiger partial charge in [0.1, 0.15) is 5.84 Å². The Morgan fingerprint density at radius 3 is 2.20 bits per heavy atom. The smallest absolute Gasteiger partial charge is 0.280 e. The molecule has 0 aromatic heterocycles. The highest BCUT2D eigenvalue weighted by Gasteiger charge is 2.44. The SMILES string of the molecule is COC1(OC)NC(=N)c2cccc(Sc3ccc(C(C)(C)C)cc3)c21. The Morgan fingerprint density at radius 1 is 1.00 bits per heavy atom. The zero-order valence-electron chi connectivity index (χ0n) is 15.3. The normalized spacial score (nSPS) is 15.8. The third-order valence-corrected chi connectivity index (χ3v) is 5.51. The van der Waals surface area contributed by atoms with Crippen molar-refractivity contribution in [3.8, 4) is 0 Å². The molecule has 132 valence electrons. The van der Waals surface area contributed by atoms with E-state index in [0.717, 1.165) is 20.9 Å². The predicted molar refractivity (Wildman–Crippen MR) is 101 cm³/mol. The van der Waals surface area contributed by atoms with Gasteiger partial charge in [0.25, 0.3) is 5.91 Å². The minimum atomic E-state index is -1.11. The minimum absolute atomic E-state index is 0.136. The van der Waals surface area contributed by atoms with Gasteiger partial charge in [-0.05, 0) is 29.2 Å².